The first-order valence-corrected chi connectivity index (χ1v) is 11.0. The molecule has 2 fully saturated rings. The van der Waals surface area contributed by atoms with Crippen molar-refractivity contribution in [2.45, 2.75) is 51.6 Å². The van der Waals surface area contributed by atoms with Gasteiger partial charge >= 0.3 is 0 Å². The van der Waals surface area contributed by atoms with Crippen molar-refractivity contribution < 1.29 is 4.79 Å². The summed E-state index contributed by atoms with van der Waals surface area (Å²) in [5.74, 6) is 0.504. The molecule has 0 saturated carbocycles. The summed E-state index contributed by atoms with van der Waals surface area (Å²) >= 11 is 0. The number of nitrogens with zero attached hydrogens (tertiary/aromatic N) is 5. The topological polar surface area (TPSA) is 63.9 Å². The smallest absolute Gasteiger partial charge is 0.256 e. The highest BCUT2D eigenvalue weighted by Gasteiger charge is 2.47. The number of hydrogen-bond donors (Lipinski definition) is 0. The van der Waals surface area contributed by atoms with Crippen molar-refractivity contribution in [2.24, 2.45) is 5.92 Å². The highest BCUT2D eigenvalue weighted by Crippen LogP contribution is 2.43. The van der Waals surface area contributed by atoms with Crippen LogP contribution in [0.15, 0.2) is 61.1 Å². The van der Waals surface area contributed by atoms with Crippen LogP contribution in [0, 0.1) is 19.8 Å². The molecule has 2 saturated heterocycles. The van der Waals surface area contributed by atoms with Crippen LogP contribution in [0.5, 0.6) is 0 Å². The number of aryl methyl sites for hydroxylation is 2. The molecule has 2 bridgehead atoms. The molecule has 5 rings (SSSR count). The van der Waals surface area contributed by atoms with Crippen LogP contribution in [-0.2, 0) is 6.42 Å². The van der Waals surface area contributed by atoms with E-state index in [0.717, 1.165) is 42.6 Å². The van der Waals surface area contributed by atoms with E-state index in [1.54, 1.807) is 12.4 Å². The van der Waals surface area contributed by atoms with E-state index in [9.17, 15) is 4.79 Å². The number of benzene rings is 1. The van der Waals surface area contributed by atoms with Crippen LogP contribution in [-0.4, -0.2) is 42.9 Å². The average molecular weight is 414 g/mol. The fraction of sp³-hybridized carbons (Fsp3) is 0.360. The van der Waals surface area contributed by atoms with Gasteiger partial charge in [-0.05, 0) is 62.8 Å². The minimum absolute atomic E-state index is 0.0969. The van der Waals surface area contributed by atoms with Crippen LogP contribution in [0.3, 0.4) is 0 Å². The van der Waals surface area contributed by atoms with Gasteiger partial charge in [-0.1, -0.05) is 29.8 Å². The summed E-state index contributed by atoms with van der Waals surface area (Å²) in [6.45, 7) is 4.07. The summed E-state index contributed by atoms with van der Waals surface area (Å²) in [5.41, 5.74) is 4.74. The van der Waals surface area contributed by atoms with Crippen molar-refractivity contribution in [1.29, 1.82) is 0 Å². The van der Waals surface area contributed by atoms with Crippen molar-refractivity contribution in [3.05, 3.63) is 83.5 Å². The molecular formula is C25H27N5O. The zero-order valence-corrected chi connectivity index (χ0v) is 18.0. The Morgan fingerprint density at radius 1 is 1.10 bits per heavy atom. The van der Waals surface area contributed by atoms with E-state index >= 15 is 0 Å². The van der Waals surface area contributed by atoms with Crippen LogP contribution in [0.2, 0.25) is 0 Å². The predicted octanol–water partition coefficient (Wildman–Crippen LogP) is 4.07. The van der Waals surface area contributed by atoms with Crippen LogP contribution < -0.4 is 0 Å². The maximum Gasteiger partial charge on any atom is 0.256 e. The Kier molecular flexibility index (Phi) is 5.14. The zero-order valence-electron chi connectivity index (χ0n) is 18.0. The maximum absolute atomic E-state index is 13.7. The molecule has 0 radical (unpaired) electrons. The van der Waals surface area contributed by atoms with Crippen LogP contribution in [0.4, 0.5) is 0 Å². The van der Waals surface area contributed by atoms with E-state index < -0.39 is 0 Å². The van der Waals surface area contributed by atoms with Gasteiger partial charge in [0.2, 0.25) is 0 Å². The van der Waals surface area contributed by atoms with E-state index in [0.29, 0.717) is 17.5 Å². The van der Waals surface area contributed by atoms with Crippen molar-refractivity contribution >= 4 is 5.91 Å². The molecule has 0 N–H and O–H groups in total. The third-order valence-electron chi connectivity index (χ3n) is 6.52. The van der Waals surface area contributed by atoms with Crippen LogP contribution >= 0.6 is 0 Å². The number of aromatic nitrogens is 4. The maximum atomic E-state index is 13.7. The molecule has 1 amide bonds. The van der Waals surface area contributed by atoms with Gasteiger partial charge in [0.25, 0.3) is 5.91 Å². The SMILES string of the molecule is Cc1ccc(C/C=C/C2CC3CCC2N3C(=O)c2cc(C)ccc2-n2nccn2)nc1. The number of fused-ring (bicyclic) bond motifs is 2. The highest BCUT2D eigenvalue weighted by atomic mass is 16.2. The molecule has 31 heavy (non-hydrogen) atoms. The number of pyridine rings is 1. The minimum Gasteiger partial charge on any atom is -0.332 e. The Hall–Kier alpha value is -3.28. The lowest BCUT2D eigenvalue weighted by Crippen LogP contribution is -2.37. The lowest BCUT2D eigenvalue weighted by atomic mass is 9.89. The summed E-state index contributed by atoms with van der Waals surface area (Å²) in [6, 6.07) is 10.7. The molecule has 3 atom stereocenters. The number of hydrogen-bond acceptors (Lipinski definition) is 4. The van der Waals surface area contributed by atoms with Gasteiger partial charge in [0.1, 0.15) is 0 Å². The molecule has 4 heterocycles. The van der Waals surface area contributed by atoms with Crippen LogP contribution in [0.25, 0.3) is 5.69 Å². The van der Waals surface area contributed by atoms with Gasteiger partial charge in [-0.2, -0.15) is 15.0 Å². The molecular weight excluding hydrogens is 386 g/mol. The summed E-state index contributed by atoms with van der Waals surface area (Å²) in [5, 5.41) is 8.49. The largest absolute Gasteiger partial charge is 0.332 e. The molecule has 0 spiro atoms. The number of amides is 1. The fourth-order valence-electron chi connectivity index (χ4n) is 5.02. The normalized spacial score (nSPS) is 22.5. The van der Waals surface area contributed by atoms with E-state index in [2.05, 4.69) is 51.3 Å². The van der Waals surface area contributed by atoms with Crippen molar-refractivity contribution in [3.8, 4) is 5.69 Å². The Morgan fingerprint density at radius 2 is 1.90 bits per heavy atom. The van der Waals surface area contributed by atoms with Gasteiger partial charge in [-0.15, -0.1) is 0 Å². The molecule has 158 valence electrons. The molecule has 6 heteroatoms. The highest BCUT2D eigenvalue weighted by molar-refractivity contribution is 5.98. The number of rotatable bonds is 5. The van der Waals surface area contributed by atoms with E-state index in [1.807, 2.05) is 31.3 Å². The van der Waals surface area contributed by atoms with E-state index in [-0.39, 0.29) is 11.9 Å². The minimum atomic E-state index is 0.0969. The Balaban J connectivity index is 1.35. The molecule has 1 aromatic carbocycles. The Labute approximate surface area is 182 Å². The van der Waals surface area contributed by atoms with Gasteiger partial charge in [0, 0.05) is 30.4 Å². The second kappa shape index (κ2) is 8.10. The third kappa shape index (κ3) is 3.78. The second-order valence-corrected chi connectivity index (χ2v) is 8.71. The van der Waals surface area contributed by atoms with E-state index in [1.165, 1.54) is 10.4 Å². The number of allylic oxidation sites excluding steroid dienone is 1. The van der Waals surface area contributed by atoms with Gasteiger partial charge in [-0.25, -0.2) is 0 Å². The summed E-state index contributed by atoms with van der Waals surface area (Å²) < 4.78 is 0. The first-order valence-electron chi connectivity index (χ1n) is 11.0. The molecule has 2 aliphatic heterocycles. The molecule has 3 unspecified atom stereocenters. The van der Waals surface area contributed by atoms with Gasteiger partial charge < -0.3 is 4.90 Å². The monoisotopic (exact) mass is 413 g/mol. The standard InChI is InChI=1S/C25H27N5O/c1-17-7-10-24(30-27-12-13-28-30)22(14-17)25(31)29-21-9-11-23(29)19(15-21)4-3-5-20-8-6-18(2)16-26-20/h3-4,6-8,10,12-14,16,19,21,23H,5,9,11,15H2,1-2H3/b4-3+. The summed E-state index contributed by atoms with van der Waals surface area (Å²) in [4.78, 5) is 21.8. The Morgan fingerprint density at radius 3 is 2.68 bits per heavy atom. The summed E-state index contributed by atoms with van der Waals surface area (Å²) in [7, 11) is 0. The number of carbonyl (C=O) groups is 1. The van der Waals surface area contributed by atoms with Crippen molar-refractivity contribution in [2.75, 3.05) is 0 Å². The van der Waals surface area contributed by atoms with Crippen molar-refractivity contribution in [3.63, 3.8) is 0 Å². The quantitative estimate of drug-likeness (QED) is 0.592. The third-order valence-corrected chi connectivity index (χ3v) is 6.52. The molecule has 2 aliphatic rings. The van der Waals surface area contributed by atoms with Gasteiger partial charge in [0.05, 0.1) is 23.6 Å². The van der Waals surface area contributed by atoms with Gasteiger partial charge in [0.15, 0.2) is 0 Å². The zero-order chi connectivity index (χ0) is 21.4. The lowest BCUT2D eigenvalue weighted by molar-refractivity contribution is 0.0723. The predicted molar refractivity (Wildman–Crippen MR) is 119 cm³/mol. The lowest BCUT2D eigenvalue weighted by Gasteiger charge is -2.24. The first-order chi connectivity index (χ1) is 15.1. The van der Waals surface area contributed by atoms with Gasteiger partial charge in [-0.3, -0.25) is 9.78 Å². The van der Waals surface area contributed by atoms with E-state index in [4.69, 9.17) is 0 Å². The molecule has 0 aliphatic carbocycles. The average Bonchev–Trinajstić information content (AvgIpc) is 3.51. The van der Waals surface area contributed by atoms with Crippen molar-refractivity contribution in [1.82, 2.24) is 24.9 Å². The fourth-order valence-corrected chi connectivity index (χ4v) is 5.02. The molecule has 2 aromatic heterocycles. The first kappa shape index (κ1) is 19.7. The Bertz CT molecular complexity index is 1100. The second-order valence-electron chi connectivity index (χ2n) is 8.71. The molecule has 6 nitrogen and oxygen atoms in total. The van der Waals surface area contributed by atoms with Crippen LogP contribution in [0.1, 0.15) is 46.4 Å². The number of carbonyl (C=O) groups excluding carboxylic acids is 1. The molecule has 3 aromatic rings. The summed E-state index contributed by atoms with van der Waals surface area (Å²) in [6.07, 6.45) is 13.7.